The number of hydrogen-bond acceptors (Lipinski definition) is 11. The van der Waals surface area contributed by atoms with Gasteiger partial charge in [0.2, 0.25) is 0 Å². The third kappa shape index (κ3) is 41.2. The van der Waals surface area contributed by atoms with Gasteiger partial charge in [-0.3, -0.25) is 14.4 Å². The zero-order chi connectivity index (χ0) is 54.7. The number of unbranched alkanes of at least 4 members (excludes halogenated alkanes) is 27. The van der Waals surface area contributed by atoms with Gasteiger partial charge in [-0.1, -0.05) is 223 Å². The van der Waals surface area contributed by atoms with Gasteiger partial charge in [-0.25, -0.2) is 4.79 Å². The number of hydrogen-bond donors (Lipinski definition) is 3. The summed E-state index contributed by atoms with van der Waals surface area (Å²) in [5, 5.41) is 31.5. The molecule has 0 aromatic rings. The molecular formula is C63H108O12. The molecule has 6 atom stereocenters. The summed E-state index contributed by atoms with van der Waals surface area (Å²) in [4.78, 5) is 51.1. The average molecular weight is 1060 g/mol. The van der Waals surface area contributed by atoms with E-state index in [1.54, 1.807) is 0 Å². The predicted molar refractivity (Wildman–Crippen MR) is 303 cm³/mol. The van der Waals surface area contributed by atoms with Gasteiger partial charge >= 0.3 is 23.9 Å². The van der Waals surface area contributed by atoms with E-state index in [2.05, 4.69) is 81.5 Å². The normalized spacial score (nSPS) is 18.5. The van der Waals surface area contributed by atoms with E-state index >= 15 is 0 Å². The van der Waals surface area contributed by atoms with E-state index in [0.717, 1.165) is 103 Å². The monoisotopic (exact) mass is 1060 g/mol. The highest BCUT2D eigenvalue weighted by atomic mass is 16.7. The van der Waals surface area contributed by atoms with Crippen LogP contribution >= 0.6 is 0 Å². The lowest BCUT2D eigenvalue weighted by Crippen LogP contribution is -2.61. The summed E-state index contributed by atoms with van der Waals surface area (Å²) in [7, 11) is 0. The standard InChI is InChI=1S/C63H108O12/c1-4-7-10-13-16-19-22-25-28-31-34-37-40-43-46-49-55(64)71-52-54(73-56(65)50-47-44-41-38-35-32-29-26-23-20-17-14-11-8-5-2)53-72-63-61(59(68)58(67)60(75-63)62(69)70)74-57(66)51-48-45-42-39-36-33-30-27-24-21-18-15-12-9-6-3/h7,10,16,19,25-26,28-29,34,37,54,58-61,63,67-68H,4-6,8-9,11-15,17-18,20-24,27,30-33,35-36,38-53H2,1-3H3,(H,69,70)/b10-7-,19-16-,28-25-,29-26-,37-34-. The highest BCUT2D eigenvalue weighted by Gasteiger charge is 2.50. The van der Waals surface area contributed by atoms with Crippen molar-refractivity contribution in [1.82, 2.24) is 0 Å². The summed E-state index contributed by atoms with van der Waals surface area (Å²) in [5.74, 6) is -3.17. The molecule has 12 nitrogen and oxygen atoms in total. The molecule has 6 unspecified atom stereocenters. The molecule has 0 amide bonds. The summed E-state index contributed by atoms with van der Waals surface area (Å²) in [6.45, 7) is 5.85. The average Bonchev–Trinajstić information content (AvgIpc) is 3.39. The minimum Gasteiger partial charge on any atom is -0.479 e. The second kappa shape index (κ2) is 51.2. The first-order valence-corrected chi connectivity index (χ1v) is 30.3. The molecule has 0 aromatic heterocycles. The van der Waals surface area contributed by atoms with Crippen LogP contribution in [-0.4, -0.2) is 89.2 Å². The molecule has 0 aliphatic carbocycles. The third-order valence-electron chi connectivity index (χ3n) is 13.6. The first kappa shape index (κ1) is 69.4. The maximum Gasteiger partial charge on any atom is 0.335 e. The van der Waals surface area contributed by atoms with Crippen LogP contribution in [0.3, 0.4) is 0 Å². The van der Waals surface area contributed by atoms with Gasteiger partial charge in [-0.05, 0) is 83.5 Å². The summed E-state index contributed by atoms with van der Waals surface area (Å²) >= 11 is 0. The number of carbonyl (C=O) groups excluding carboxylic acids is 3. The van der Waals surface area contributed by atoms with Crippen LogP contribution in [0, 0.1) is 0 Å². The quantitative estimate of drug-likeness (QED) is 0.0228. The number of aliphatic hydroxyl groups is 2. The molecule has 0 saturated carbocycles. The Bertz CT molecular complexity index is 1540. The van der Waals surface area contributed by atoms with Gasteiger partial charge in [-0.15, -0.1) is 0 Å². The van der Waals surface area contributed by atoms with Crippen molar-refractivity contribution < 1.29 is 58.2 Å². The zero-order valence-corrected chi connectivity index (χ0v) is 47.5. The van der Waals surface area contributed by atoms with E-state index in [-0.39, 0.29) is 25.9 Å². The molecule has 0 bridgehead atoms. The molecule has 1 rings (SSSR count). The van der Waals surface area contributed by atoms with Crippen molar-refractivity contribution in [2.45, 2.75) is 302 Å². The summed E-state index contributed by atoms with van der Waals surface area (Å²) in [6, 6.07) is 0. The second-order valence-corrected chi connectivity index (χ2v) is 20.6. The van der Waals surface area contributed by atoms with Gasteiger partial charge in [-0.2, -0.15) is 0 Å². The number of esters is 3. The van der Waals surface area contributed by atoms with Crippen LogP contribution in [0.15, 0.2) is 60.8 Å². The Morgan fingerprint density at radius 2 is 0.840 bits per heavy atom. The van der Waals surface area contributed by atoms with Crippen molar-refractivity contribution in [3.05, 3.63) is 60.8 Å². The Morgan fingerprint density at radius 3 is 1.32 bits per heavy atom. The SMILES string of the molecule is CC/C=C\C/C=C\C/C=C\C/C=C\CCCCC(=O)OCC(COC1OC(C(=O)O)C(O)C(O)C1OC(=O)CCCCCCCCCCCCCCCCC)OC(=O)CCCCCCC/C=C\CCCCCCCC. The number of aliphatic hydroxyl groups excluding tert-OH is 2. The first-order valence-electron chi connectivity index (χ1n) is 30.3. The van der Waals surface area contributed by atoms with Crippen molar-refractivity contribution in [2.75, 3.05) is 13.2 Å². The minimum absolute atomic E-state index is 0.0582. The molecule has 12 heteroatoms. The summed E-state index contributed by atoms with van der Waals surface area (Å²) in [5.41, 5.74) is 0. The number of carboxylic acid groups (broad SMARTS) is 1. The fourth-order valence-electron chi connectivity index (χ4n) is 8.94. The lowest BCUT2D eigenvalue weighted by Gasteiger charge is -2.40. The van der Waals surface area contributed by atoms with Crippen molar-refractivity contribution in [3.8, 4) is 0 Å². The molecule has 1 aliphatic rings. The van der Waals surface area contributed by atoms with Gasteiger partial charge in [0.15, 0.2) is 24.6 Å². The topological polar surface area (TPSA) is 175 Å². The van der Waals surface area contributed by atoms with Gasteiger partial charge in [0.05, 0.1) is 6.61 Å². The Morgan fingerprint density at radius 1 is 0.453 bits per heavy atom. The van der Waals surface area contributed by atoms with Crippen molar-refractivity contribution in [1.29, 1.82) is 0 Å². The van der Waals surface area contributed by atoms with Crippen molar-refractivity contribution in [3.63, 3.8) is 0 Å². The summed E-state index contributed by atoms with van der Waals surface area (Å²) in [6.07, 6.45) is 50.5. The van der Waals surface area contributed by atoms with Crippen LogP contribution in [0.5, 0.6) is 0 Å². The largest absolute Gasteiger partial charge is 0.479 e. The number of ether oxygens (including phenoxy) is 5. The van der Waals surface area contributed by atoms with Crippen LogP contribution in [-0.2, 0) is 42.9 Å². The van der Waals surface area contributed by atoms with Gasteiger partial charge in [0.1, 0.15) is 18.8 Å². The Balaban J connectivity index is 2.71. The van der Waals surface area contributed by atoms with E-state index in [1.165, 1.54) is 103 Å². The van der Waals surface area contributed by atoms with Crippen molar-refractivity contribution in [2.24, 2.45) is 0 Å². The van der Waals surface area contributed by atoms with E-state index < -0.39 is 67.3 Å². The van der Waals surface area contributed by atoms with Gasteiger partial charge < -0.3 is 39.0 Å². The Hall–Kier alpha value is -3.58. The smallest absolute Gasteiger partial charge is 0.335 e. The number of rotatable bonds is 51. The fourth-order valence-corrected chi connectivity index (χ4v) is 8.94. The number of allylic oxidation sites excluding steroid dienone is 10. The molecular weight excluding hydrogens is 949 g/mol. The zero-order valence-electron chi connectivity index (χ0n) is 47.5. The van der Waals surface area contributed by atoms with E-state index in [9.17, 15) is 34.5 Å². The van der Waals surface area contributed by atoms with Crippen LogP contribution in [0.2, 0.25) is 0 Å². The molecule has 1 heterocycles. The van der Waals surface area contributed by atoms with E-state index in [4.69, 9.17) is 23.7 Å². The lowest BCUT2D eigenvalue weighted by molar-refractivity contribution is -0.301. The number of carboxylic acids is 1. The number of carbonyl (C=O) groups is 4. The molecule has 1 aliphatic heterocycles. The molecule has 0 spiro atoms. The Kier molecular flexibility index (Phi) is 47.4. The molecule has 0 aromatic carbocycles. The second-order valence-electron chi connectivity index (χ2n) is 20.6. The molecule has 1 fully saturated rings. The predicted octanol–water partition coefficient (Wildman–Crippen LogP) is 15.6. The molecule has 3 N–H and O–H groups in total. The van der Waals surface area contributed by atoms with Crippen LogP contribution < -0.4 is 0 Å². The molecule has 1 saturated heterocycles. The maximum atomic E-state index is 13.1. The lowest BCUT2D eigenvalue weighted by atomic mass is 9.98. The minimum atomic E-state index is -1.91. The molecule has 432 valence electrons. The molecule has 75 heavy (non-hydrogen) atoms. The third-order valence-corrected chi connectivity index (χ3v) is 13.6. The highest BCUT2D eigenvalue weighted by molar-refractivity contribution is 5.74. The molecule has 0 radical (unpaired) electrons. The van der Waals surface area contributed by atoms with Gasteiger partial charge in [0, 0.05) is 19.3 Å². The number of aliphatic carboxylic acids is 1. The summed E-state index contributed by atoms with van der Waals surface area (Å²) < 4.78 is 28.4. The fraction of sp³-hybridized carbons (Fsp3) is 0.778. The van der Waals surface area contributed by atoms with Crippen LogP contribution in [0.25, 0.3) is 0 Å². The van der Waals surface area contributed by atoms with E-state index in [1.807, 2.05) is 0 Å². The maximum absolute atomic E-state index is 13.1. The highest BCUT2D eigenvalue weighted by Crippen LogP contribution is 2.26. The van der Waals surface area contributed by atoms with Crippen molar-refractivity contribution >= 4 is 23.9 Å². The van der Waals surface area contributed by atoms with E-state index in [0.29, 0.717) is 19.3 Å². The first-order chi connectivity index (χ1) is 36.6. The van der Waals surface area contributed by atoms with Crippen LogP contribution in [0.4, 0.5) is 0 Å². The van der Waals surface area contributed by atoms with Gasteiger partial charge in [0.25, 0.3) is 0 Å². The van der Waals surface area contributed by atoms with Crippen LogP contribution in [0.1, 0.15) is 265 Å². The Labute approximate surface area is 456 Å².